The number of rotatable bonds is 5. The van der Waals surface area contributed by atoms with Gasteiger partial charge < -0.3 is 9.84 Å². The molecular formula is C23H20N4O2S2. The van der Waals surface area contributed by atoms with Gasteiger partial charge in [0.1, 0.15) is 11.1 Å². The minimum absolute atomic E-state index is 0.0777. The zero-order valence-corrected chi connectivity index (χ0v) is 18.3. The van der Waals surface area contributed by atoms with Crippen LogP contribution >= 0.6 is 22.7 Å². The second kappa shape index (κ2) is 7.71. The zero-order valence-electron chi connectivity index (χ0n) is 16.7. The maximum atomic E-state index is 13.3. The number of benzene rings is 1. The molecule has 8 heteroatoms. The highest BCUT2D eigenvalue weighted by Crippen LogP contribution is 2.34. The monoisotopic (exact) mass is 448 g/mol. The first-order valence-corrected chi connectivity index (χ1v) is 12.0. The number of hydrogen-bond acceptors (Lipinski definition) is 7. The zero-order chi connectivity index (χ0) is 20.8. The van der Waals surface area contributed by atoms with E-state index in [1.807, 2.05) is 18.2 Å². The molecule has 1 aliphatic carbocycles. The standard InChI is InChI=1S/C23H20N4O2S2/c28-23-21-18-6-5-15(24-11-16-7-8-29-26-16)10-20(18)31-22(21)25-13-27(23)12-17-9-14-3-1-2-4-19(14)30-17/h1-4,7-9,13,15,24H,5-6,10-12H2/t15-/m1/s1. The summed E-state index contributed by atoms with van der Waals surface area (Å²) < 4.78 is 7.91. The first-order chi connectivity index (χ1) is 15.2. The van der Waals surface area contributed by atoms with E-state index in [9.17, 15) is 4.79 Å². The molecule has 0 saturated heterocycles. The van der Waals surface area contributed by atoms with Crippen LogP contribution in [0.5, 0.6) is 0 Å². The van der Waals surface area contributed by atoms with Crippen molar-refractivity contribution in [1.29, 1.82) is 0 Å². The van der Waals surface area contributed by atoms with Crippen molar-refractivity contribution < 1.29 is 4.52 Å². The molecule has 6 nitrogen and oxygen atoms in total. The van der Waals surface area contributed by atoms with Crippen molar-refractivity contribution in [3.05, 3.63) is 80.4 Å². The van der Waals surface area contributed by atoms with E-state index in [1.54, 1.807) is 39.8 Å². The van der Waals surface area contributed by atoms with E-state index in [2.05, 4.69) is 33.7 Å². The molecule has 6 rings (SSSR count). The number of thiophene rings is 2. The van der Waals surface area contributed by atoms with Crippen LogP contribution in [-0.2, 0) is 25.9 Å². The molecule has 31 heavy (non-hydrogen) atoms. The summed E-state index contributed by atoms with van der Waals surface area (Å²) in [5, 5.41) is 9.57. The first kappa shape index (κ1) is 18.9. The third kappa shape index (κ3) is 3.50. The summed E-state index contributed by atoms with van der Waals surface area (Å²) in [7, 11) is 0. The maximum absolute atomic E-state index is 13.3. The fourth-order valence-electron chi connectivity index (χ4n) is 4.35. The Labute approximate surface area is 186 Å². The lowest BCUT2D eigenvalue weighted by Gasteiger charge is -2.22. The highest BCUT2D eigenvalue weighted by molar-refractivity contribution is 7.19. The number of fused-ring (bicyclic) bond motifs is 4. The second-order valence-corrected chi connectivity index (χ2v) is 10.2. The van der Waals surface area contributed by atoms with Gasteiger partial charge in [-0.25, -0.2) is 4.98 Å². The Balaban J connectivity index is 1.27. The average molecular weight is 449 g/mol. The van der Waals surface area contributed by atoms with Crippen molar-refractivity contribution in [2.24, 2.45) is 0 Å². The normalized spacial score (nSPS) is 16.2. The summed E-state index contributed by atoms with van der Waals surface area (Å²) in [6.07, 6.45) is 6.12. The van der Waals surface area contributed by atoms with Gasteiger partial charge in [0.15, 0.2) is 0 Å². The van der Waals surface area contributed by atoms with E-state index in [1.165, 1.54) is 25.4 Å². The molecule has 0 fully saturated rings. The van der Waals surface area contributed by atoms with E-state index >= 15 is 0 Å². The van der Waals surface area contributed by atoms with Crippen molar-refractivity contribution in [3.8, 4) is 0 Å². The molecule has 1 N–H and O–H groups in total. The third-order valence-corrected chi connectivity index (χ3v) is 8.16. The van der Waals surface area contributed by atoms with Crippen LogP contribution < -0.4 is 10.9 Å². The van der Waals surface area contributed by atoms with Crippen LogP contribution in [0.2, 0.25) is 0 Å². The predicted molar refractivity (Wildman–Crippen MR) is 124 cm³/mol. The van der Waals surface area contributed by atoms with Crippen molar-refractivity contribution >= 4 is 43.0 Å². The average Bonchev–Trinajstić information content (AvgIpc) is 3.51. The molecule has 0 bridgehead atoms. The van der Waals surface area contributed by atoms with Gasteiger partial charge in [-0.15, -0.1) is 22.7 Å². The van der Waals surface area contributed by atoms with Gasteiger partial charge in [0.25, 0.3) is 5.56 Å². The topological polar surface area (TPSA) is 73.0 Å². The van der Waals surface area contributed by atoms with Gasteiger partial charge in [0, 0.05) is 33.1 Å². The smallest absolute Gasteiger partial charge is 0.262 e. The molecule has 0 amide bonds. The van der Waals surface area contributed by atoms with E-state index in [0.29, 0.717) is 19.1 Å². The molecule has 5 aromatic rings. The van der Waals surface area contributed by atoms with Crippen LogP contribution in [0.1, 0.15) is 27.4 Å². The lowest BCUT2D eigenvalue weighted by Crippen LogP contribution is -2.34. The van der Waals surface area contributed by atoms with Crippen LogP contribution in [-0.4, -0.2) is 20.7 Å². The Morgan fingerprint density at radius 1 is 1.23 bits per heavy atom. The Morgan fingerprint density at radius 2 is 2.16 bits per heavy atom. The molecule has 4 heterocycles. The molecule has 1 aromatic carbocycles. The number of nitrogens with zero attached hydrogens (tertiary/aromatic N) is 3. The quantitative estimate of drug-likeness (QED) is 0.433. The lowest BCUT2D eigenvalue weighted by atomic mass is 9.93. The number of nitrogens with one attached hydrogen (secondary N) is 1. The predicted octanol–water partition coefficient (Wildman–Crippen LogP) is 4.36. The minimum Gasteiger partial charge on any atom is -0.364 e. The van der Waals surface area contributed by atoms with E-state index in [0.717, 1.165) is 35.2 Å². The summed E-state index contributed by atoms with van der Waals surface area (Å²) in [4.78, 5) is 21.3. The first-order valence-electron chi connectivity index (χ1n) is 10.3. The van der Waals surface area contributed by atoms with Gasteiger partial charge in [-0.1, -0.05) is 23.4 Å². The summed E-state index contributed by atoms with van der Waals surface area (Å²) in [6, 6.07) is 12.8. The SMILES string of the molecule is O=c1c2c3c(sc2ncn1Cc1cc2ccccc2s1)C[C@H](NCc1ccon1)CC3. The van der Waals surface area contributed by atoms with Crippen LogP contribution in [0, 0.1) is 0 Å². The highest BCUT2D eigenvalue weighted by atomic mass is 32.1. The Bertz CT molecular complexity index is 1400. The minimum atomic E-state index is 0.0777. The van der Waals surface area contributed by atoms with Crippen molar-refractivity contribution in [1.82, 2.24) is 20.0 Å². The molecule has 4 aromatic heterocycles. The molecular weight excluding hydrogens is 428 g/mol. The fourth-order valence-corrected chi connectivity index (χ4v) is 6.67. The Kier molecular flexibility index (Phi) is 4.70. The molecule has 0 aliphatic heterocycles. The Hall–Kier alpha value is -2.81. The fraction of sp³-hybridized carbons (Fsp3) is 0.261. The molecule has 0 spiro atoms. The van der Waals surface area contributed by atoms with Crippen LogP contribution in [0.25, 0.3) is 20.3 Å². The maximum Gasteiger partial charge on any atom is 0.262 e. The van der Waals surface area contributed by atoms with E-state index in [-0.39, 0.29) is 5.56 Å². The van der Waals surface area contributed by atoms with Gasteiger partial charge in [-0.3, -0.25) is 9.36 Å². The van der Waals surface area contributed by atoms with Crippen LogP contribution in [0.3, 0.4) is 0 Å². The van der Waals surface area contributed by atoms with Gasteiger partial charge in [0.2, 0.25) is 0 Å². The van der Waals surface area contributed by atoms with Crippen molar-refractivity contribution in [3.63, 3.8) is 0 Å². The third-order valence-electron chi connectivity index (χ3n) is 5.90. The molecule has 1 aliphatic rings. The van der Waals surface area contributed by atoms with Crippen LogP contribution in [0.4, 0.5) is 0 Å². The molecule has 0 saturated carbocycles. The Morgan fingerprint density at radius 3 is 3.03 bits per heavy atom. The summed E-state index contributed by atoms with van der Waals surface area (Å²) >= 11 is 3.40. The number of aryl methyl sites for hydroxylation is 1. The number of aromatic nitrogens is 3. The van der Waals surface area contributed by atoms with Gasteiger partial charge in [-0.2, -0.15) is 0 Å². The molecule has 1 atom stereocenters. The number of hydrogen-bond donors (Lipinski definition) is 1. The van der Waals surface area contributed by atoms with Crippen molar-refractivity contribution in [2.45, 2.75) is 38.4 Å². The van der Waals surface area contributed by atoms with E-state index in [4.69, 9.17) is 4.52 Å². The van der Waals surface area contributed by atoms with Gasteiger partial charge >= 0.3 is 0 Å². The largest absolute Gasteiger partial charge is 0.364 e. The van der Waals surface area contributed by atoms with Crippen LogP contribution in [0.15, 0.2) is 58.3 Å². The van der Waals surface area contributed by atoms with E-state index < -0.39 is 0 Å². The highest BCUT2D eigenvalue weighted by Gasteiger charge is 2.25. The lowest BCUT2D eigenvalue weighted by molar-refractivity contribution is 0.399. The molecule has 0 radical (unpaired) electrons. The second-order valence-electron chi connectivity index (χ2n) is 7.92. The van der Waals surface area contributed by atoms with Crippen molar-refractivity contribution in [2.75, 3.05) is 0 Å². The van der Waals surface area contributed by atoms with Gasteiger partial charge in [-0.05, 0) is 42.3 Å². The van der Waals surface area contributed by atoms with Gasteiger partial charge in [0.05, 0.1) is 24.0 Å². The summed E-state index contributed by atoms with van der Waals surface area (Å²) in [5.41, 5.74) is 2.18. The molecule has 0 unspecified atom stereocenters. The molecule has 156 valence electrons. The summed E-state index contributed by atoms with van der Waals surface area (Å²) in [5.74, 6) is 0. The summed E-state index contributed by atoms with van der Waals surface area (Å²) in [6.45, 7) is 1.26.